The fourth-order valence-corrected chi connectivity index (χ4v) is 3.10. The zero-order chi connectivity index (χ0) is 15.4. The van der Waals surface area contributed by atoms with Gasteiger partial charge >= 0.3 is 0 Å². The van der Waals surface area contributed by atoms with E-state index < -0.39 is 0 Å². The van der Waals surface area contributed by atoms with E-state index in [9.17, 15) is 0 Å². The Morgan fingerprint density at radius 2 is 1.77 bits per heavy atom. The summed E-state index contributed by atoms with van der Waals surface area (Å²) >= 11 is 6.08. The highest BCUT2D eigenvalue weighted by molar-refractivity contribution is 6.30. The molecule has 1 saturated heterocycles. The molecule has 116 valence electrons. The second kappa shape index (κ2) is 7.03. The summed E-state index contributed by atoms with van der Waals surface area (Å²) in [5, 5.41) is 0.800. The predicted molar refractivity (Wildman–Crippen MR) is 91.9 cm³/mol. The third-order valence-corrected chi connectivity index (χ3v) is 4.37. The van der Waals surface area contributed by atoms with Crippen LogP contribution in [0.3, 0.4) is 0 Å². The van der Waals surface area contributed by atoms with E-state index in [0.717, 1.165) is 43.5 Å². The van der Waals surface area contributed by atoms with Gasteiger partial charge in [-0.25, -0.2) is 0 Å². The van der Waals surface area contributed by atoms with Crippen molar-refractivity contribution in [1.82, 2.24) is 4.90 Å². The van der Waals surface area contributed by atoms with E-state index >= 15 is 0 Å². The van der Waals surface area contributed by atoms with Gasteiger partial charge in [-0.3, -0.25) is 4.90 Å². The van der Waals surface area contributed by atoms with Crippen LogP contribution in [0.25, 0.3) is 0 Å². The largest absolute Gasteiger partial charge is 0.496 e. The molecule has 1 aliphatic heterocycles. The number of halogens is 1. The smallest absolute Gasteiger partial charge is 0.123 e. The van der Waals surface area contributed by atoms with E-state index in [-0.39, 0.29) is 0 Å². The van der Waals surface area contributed by atoms with Crippen molar-refractivity contribution in [3.05, 3.63) is 59.1 Å². The molecule has 2 aromatic carbocycles. The van der Waals surface area contributed by atoms with Crippen LogP contribution in [0.4, 0.5) is 5.69 Å². The Morgan fingerprint density at radius 3 is 2.50 bits per heavy atom. The molecule has 2 aromatic rings. The number of ether oxygens (including phenoxy) is 1. The molecule has 4 heteroatoms. The SMILES string of the molecule is COc1ccccc1CN1CCN(c2cccc(Cl)c2)CC1. The normalized spacial score (nSPS) is 15.8. The molecular weight excluding hydrogens is 296 g/mol. The first-order valence-electron chi connectivity index (χ1n) is 7.61. The summed E-state index contributed by atoms with van der Waals surface area (Å²) in [5.74, 6) is 0.972. The van der Waals surface area contributed by atoms with Gasteiger partial charge in [-0.2, -0.15) is 0 Å². The van der Waals surface area contributed by atoms with Gasteiger partial charge in [0.1, 0.15) is 5.75 Å². The van der Waals surface area contributed by atoms with Crippen molar-refractivity contribution < 1.29 is 4.74 Å². The van der Waals surface area contributed by atoms with Crippen molar-refractivity contribution in [3.8, 4) is 5.75 Å². The van der Waals surface area contributed by atoms with Crippen LogP contribution in [0.15, 0.2) is 48.5 Å². The van der Waals surface area contributed by atoms with Crippen molar-refractivity contribution in [2.45, 2.75) is 6.54 Å². The van der Waals surface area contributed by atoms with Crippen molar-refractivity contribution in [2.75, 3.05) is 38.2 Å². The average molecular weight is 317 g/mol. The van der Waals surface area contributed by atoms with Crippen LogP contribution in [0, 0.1) is 0 Å². The Morgan fingerprint density at radius 1 is 1.00 bits per heavy atom. The lowest BCUT2D eigenvalue weighted by molar-refractivity contribution is 0.246. The number of rotatable bonds is 4. The molecule has 0 aliphatic carbocycles. The minimum absolute atomic E-state index is 0.800. The highest BCUT2D eigenvalue weighted by Gasteiger charge is 2.18. The Bertz CT molecular complexity index is 624. The van der Waals surface area contributed by atoms with E-state index in [1.165, 1.54) is 11.3 Å². The zero-order valence-electron chi connectivity index (χ0n) is 12.8. The van der Waals surface area contributed by atoms with Crippen molar-refractivity contribution >= 4 is 17.3 Å². The van der Waals surface area contributed by atoms with Crippen LogP contribution in [0.5, 0.6) is 5.75 Å². The third kappa shape index (κ3) is 3.54. The Balaban J connectivity index is 1.60. The highest BCUT2D eigenvalue weighted by Crippen LogP contribution is 2.23. The monoisotopic (exact) mass is 316 g/mol. The Labute approximate surface area is 137 Å². The van der Waals surface area contributed by atoms with E-state index in [2.05, 4.69) is 28.0 Å². The maximum atomic E-state index is 6.08. The number of methoxy groups -OCH3 is 1. The minimum Gasteiger partial charge on any atom is -0.496 e. The standard InChI is InChI=1S/C18H21ClN2O/c1-22-18-8-3-2-5-15(18)14-20-9-11-21(12-10-20)17-7-4-6-16(19)13-17/h2-8,13H,9-12,14H2,1H3. The molecule has 0 spiro atoms. The first-order chi connectivity index (χ1) is 10.8. The van der Waals surface area contributed by atoms with Gasteiger partial charge in [0.25, 0.3) is 0 Å². The van der Waals surface area contributed by atoms with Gasteiger partial charge in [-0.05, 0) is 24.3 Å². The molecule has 0 aromatic heterocycles. The summed E-state index contributed by atoms with van der Waals surface area (Å²) in [5.41, 5.74) is 2.46. The molecule has 0 radical (unpaired) electrons. The predicted octanol–water partition coefficient (Wildman–Crippen LogP) is 3.67. The maximum absolute atomic E-state index is 6.08. The number of anilines is 1. The summed E-state index contributed by atoms with van der Waals surface area (Å²) < 4.78 is 5.44. The van der Waals surface area contributed by atoms with Gasteiger partial charge in [0.05, 0.1) is 7.11 Å². The molecule has 0 unspecified atom stereocenters. The van der Waals surface area contributed by atoms with Crippen LogP contribution in [0.1, 0.15) is 5.56 Å². The number of piperazine rings is 1. The molecule has 0 saturated carbocycles. The molecule has 1 heterocycles. The van der Waals surface area contributed by atoms with Crippen LogP contribution in [-0.4, -0.2) is 38.2 Å². The average Bonchev–Trinajstić information content (AvgIpc) is 2.56. The number of hydrogen-bond acceptors (Lipinski definition) is 3. The van der Waals surface area contributed by atoms with Gasteiger partial charge in [0, 0.05) is 49.0 Å². The minimum atomic E-state index is 0.800. The Hall–Kier alpha value is -1.71. The van der Waals surface area contributed by atoms with Gasteiger partial charge < -0.3 is 9.64 Å². The Kier molecular flexibility index (Phi) is 4.86. The molecule has 3 nitrogen and oxygen atoms in total. The van der Waals surface area contributed by atoms with E-state index in [4.69, 9.17) is 16.3 Å². The molecule has 1 aliphatic rings. The van der Waals surface area contributed by atoms with Crippen LogP contribution in [-0.2, 0) is 6.54 Å². The lowest BCUT2D eigenvalue weighted by Gasteiger charge is -2.36. The lowest BCUT2D eigenvalue weighted by Crippen LogP contribution is -2.46. The van der Waals surface area contributed by atoms with E-state index in [1.54, 1.807) is 7.11 Å². The van der Waals surface area contributed by atoms with E-state index in [1.807, 2.05) is 30.3 Å². The quantitative estimate of drug-likeness (QED) is 0.856. The fraction of sp³-hybridized carbons (Fsp3) is 0.333. The molecular formula is C18H21ClN2O. The number of benzene rings is 2. The van der Waals surface area contributed by atoms with Gasteiger partial charge in [-0.15, -0.1) is 0 Å². The van der Waals surface area contributed by atoms with Crippen molar-refractivity contribution in [2.24, 2.45) is 0 Å². The van der Waals surface area contributed by atoms with Crippen LogP contribution >= 0.6 is 11.6 Å². The topological polar surface area (TPSA) is 15.7 Å². The summed E-state index contributed by atoms with van der Waals surface area (Å²) in [6.45, 7) is 5.08. The van der Waals surface area contributed by atoms with Crippen LogP contribution in [0.2, 0.25) is 5.02 Å². The molecule has 0 bridgehead atoms. The summed E-state index contributed by atoms with van der Waals surface area (Å²) in [4.78, 5) is 4.86. The summed E-state index contributed by atoms with van der Waals surface area (Å²) in [6, 6.07) is 16.3. The van der Waals surface area contributed by atoms with E-state index in [0.29, 0.717) is 0 Å². The number of para-hydroxylation sites is 1. The second-order valence-electron chi connectivity index (χ2n) is 5.55. The molecule has 0 N–H and O–H groups in total. The molecule has 22 heavy (non-hydrogen) atoms. The first-order valence-corrected chi connectivity index (χ1v) is 7.99. The molecule has 3 rings (SSSR count). The highest BCUT2D eigenvalue weighted by atomic mass is 35.5. The van der Waals surface area contributed by atoms with Gasteiger partial charge in [-0.1, -0.05) is 35.9 Å². The number of nitrogens with zero attached hydrogens (tertiary/aromatic N) is 2. The summed E-state index contributed by atoms with van der Waals surface area (Å²) in [6.07, 6.45) is 0. The molecule has 1 fully saturated rings. The molecule has 0 amide bonds. The maximum Gasteiger partial charge on any atom is 0.123 e. The first kappa shape index (κ1) is 15.2. The lowest BCUT2D eigenvalue weighted by atomic mass is 10.1. The zero-order valence-corrected chi connectivity index (χ0v) is 13.6. The van der Waals surface area contributed by atoms with Crippen LogP contribution < -0.4 is 9.64 Å². The van der Waals surface area contributed by atoms with Crippen molar-refractivity contribution in [1.29, 1.82) is 0 Å². The van der Waals surface area contributed by atoms with Crippen molar-refractivity contribution in [3.63, 3.8) is 0 Å². The van der Waals surface area contributed by atoms with Gasteiger partial charge in [0.15, 0.2) is 0 Å². The second-order valence-corrected chi connectivity index (χ2v) is 5.99. The third-order valence-electron chi connectivity index (χ3n) is 4.13. The summed E-state index contributed by atoms with van der Waals surface area (Å²) in [7, 11) is 1.73. The fourth-order valence-electron chi connectivity index (χ4n) is 2.91. The molecule has 0 atom stereocenters. The number of hydrogen-bond donors (Lipinski definition) is 0. The van der Waals surface area contributed by atoms with Gasteiger partial charge in [0.2, 0.25) is 0 Å².